The highest BCUT2D eigenvalue weighted by Gasteiger charge is 2.08. The molecule has 1 aromatic heterocycles. The second kappa shape index (κ2) is 10.0. The van der Waals surface area contributed by atoms with Crippen LogP contribution in [0.2, 0.25) is 0 Å². The number of aliphatic hydroxyl groups is 1. The number of benzene rings is 3. The maximum absolute atomic E-state index is 12.3. The van der Waals surface area contributed by atoms with Crippen molar-refractivity contribution in [3.63, 3.8) is 0 Å². The molecular weight excluding hydrogens is 428 g/mol. The Morgan fingerprint density at radius 1 is 1.06 bits per heavy atom. The lowest BCUT2D eigenvalue weighted by Gasteiger charge is -2.08. The topological polar surface area (TPSA) is 89.3 Å². The number of methoxy groups -OCH3 is 1. The van der Waals surface area contributed by atoms with Gasteiger partial charge in [0.1, 0.15) is 17.8 Å². The van der Waals surface area contributed by atoms with Gasteiger partial charge < -0.3 is 15.2 Å². The Bertz CT molecular complexity index is 1320. The van der Waals surface area contributed by atoms with Crippen LogP contribution in [-0.2, 0) is 11.2 Å². The first-order chi connectivity index (χ1) is 16.4. The van der Waals surface area contributed by atoms with Gasteiger partial charge in [0.05, 0.1) is 12.8 Å². The summed E-state index contributed by atoms with van der Waals surface area (Å²) in [6, 6.07) is 20.9. The van der Waals surface area contributed by atoms with E-state index >= 15 is 0 Å². The summed E-state index contributed by atoms with van der Waals surface area (Å²) in [4.78, 5) is 16.7. The van der Waals surface area contributed by atoms with E-state index in [0.717, 1.165) is 28.1 Å². The summed E-state index contributed by atoms with van der Waals surface area (Å²) in [6.07, 6.45) is 3.13. The number of ether oxygens (including phenoxy) is 1. The zero-order valence-corrected chi connectivity index (χ0v) is 19.3. The Balaban J connectivity index is 1.38. The van der Waals surface area contributed by atoms with Crippen molar-refractivity contribution in [2.75, 3.05) is 12.4 Å². The number of aromatic nitrogens is 3. The molecule has 3 aromatic carbocycles. The average Bonchev–Trinajstić information content (AvgIpc) is 3.31. The molecule has 172 valence electrons. The first-order valence-electron chi connectivity index (χ1n) is 10.8. The van der Waals surface area contributed by atoms with E-state index in [0.29, 0.717) is 11.5 Å². The van der Waals surface area contributed by atoms with Gasteiger partial charge in [-0.2, -0.15) is 0 Å². The third-order valence-electron chi connectivity index (χ3n) is 5.42. The molecule has 0 bridgehead atoms. The Hall–Kier alpha value is -4.39. The number of aryl methyl sites for hydroxylation is 2. The van der Waals surface area contributed by atoms with E-state index in [1.54, 1.807) is 30.3 Å². The molecule has 1 amide bonds. The van der Waals surface area contributed by atoms with E-state index in [1.165, 1.54) is 11.6 Å². The van der Waals surface area contributed by atoms with Crippen molar-refractivity contribution in [2.24, 2.45) is 0 Å². The second-order valence-electron chi connectivity index (χ2n) is 8.02. The Labute approximate surface area is 198 Å². The van der Waals surface area contributed by atoms with Crippen LogP contribution >= 0.6 is 0 Å². The van der Waals surface area contributed by atoms with E-state index in [1.807, 2.05) is 68.4 Å². The van der Waals surface area contributed by atoms with E-state index in [9.17, 15) is 9.90 Å². The number of aliphatic hydroxyl groups excluding tert-OH is 1. The van der Waals surface area contributed by atoms with Gasteiger partial charge in [-0.25, -0.2) is 9.67 Å². The molecule has 1 heterocycles. The lowest BCUT2D eigenvalue weighted by atomic mass is 10.0. The van der Waals surface area contributed by atoms with Crippen molar-refractivity contribution < 1.29 is 14.6 Å². The quantitative estimate of drug-likeness (QED) is 0.297. The van der Waals surface area contributed by atoms with Gasteiger partial charge in [-0.05, 0) is 73.5 Å². The van der Waals surface area contributed by atoms with Crippen molar-refractivity contribution in [1.82, 2.24) is 14.8 Å². The van der Waals surface area contributed by atoms with Crippen molar-refractivity contribution in [2.45, 2.75) is 20.3 Å². The largest absolute Gasteiger partial charge is 0.512 e. The molecule has 0 saturated heterocycles. The fourth-order valence-corrected chi connectivity index (χ4v) is 3.49. The summed E-state index contributed by atoms with van der Waals surface area (Å²) >= 11 is 0. The van der Waals surface area contributed by atoms with Crippen LogP contribution in [0, 0.1) is 13.8 Å². The number of hydrogen-bond acceptors (Lipinski definition) is 5. The first kappa shape index (κ1) is 22.8. The summed E-state index contributed by atoms with van der Waals surface area (Å²) in [5.74, 6) is 0.917. The molecule has 7 nitrogen and oxygen atoms in total. The van der Waals surface area contributed by atoms with Crippen molar-refractivity contribution in [1.29, 1.82) is 0 Å². The van der Waals surface area contributed by atoms with Gasteiger partial charge in [0.25, 0.3) is 5.91 Å². The third kappa shape index (κ3) is 5.50. The van der Waals surface area contributed by atoms with Crippen LogP contribution in [0.4, 0.5) is 5.69 Å². The van der Waals surface area contributed by atoms with Crippen LogP contribution < -0.4 is 10.1 Å². The number of allylic oxidation sites excluding steroid dienone is 1. The van der Waals surface area contributed by atoms with E-state index in [2.05, 4.69) is 15.4 Å². The smallest absolute Gasteiger partial charge is 0.251 e. The van der Waals surface area contributed by atoms with Gasteiger partial charge in [0.2, 0.25) is 0 Å². The minimum Gasteiger partial charge on any atom is -0.512 e. The van der Waals surface area contributed by atoms with Crippen molar-refractivity contribution in [3.8, 4) is 22.8 Å². The van der Waals surface area contributed by atoms with Crippen LogP contribution in [0.5, 0.6) is 5.75 Å². The molecular formula is C27H26N4O3. The lowest BCUT2D eigenvalue weighted by Crippen LogP contribution is -2.09. The van der Waals surface area contributed by atoms with Crippen LogP contribution in [0.1, 0.15) is 16.7 Å². The maximum atomic E-state index is 12.3. The monoisotopic (exact) mass is 454 g/mol. The van der Waals surface area contributed by atoms with Gasteiger partial charge >= 0.3 is 0 Å². The van der Waals surface area contributed by atoms with Crippen LogP contribution in [-0.4, -0.2) is 32.9 Å². The van der Waals surface area contributed by atoms with Crippen molar-refractivity contribution in [3.05, 3.63) is 102 Å². The standard InChI is InChI=1S/C27H26N4O3/c1-18-4-11-23(12-5-18)31-17-28-27(30-31)20-6-9-22(10-7-20)29-26(33)16-24(32)15-21-8-13-25(34-3)14-19(21)2/h4-14,16-17,32H,15H2,1-3H3,(H,29,33)/b24-16-. The van der Waals surface area contributed by atoms with Crippen LogP contribution in [0.3, 0.4) is 0 Å². The molecule has 0 atom stereocenters. The molecule has 0 radical (unpaired) electrons. The van der Waals surface area contributed by atoms with E-state index < -0.39 is 5.91 Å². The highest BCUT2D eigenvalue weighted by Crippen LogP contribution is 2.20. The fraction of sp³-hybridized carbons (Fsp3) is 0.148. The molecule has 0 fully saturated rings. The minimum absolute atomic E-state index is 0.0202. The van der Waals surface area contributed by atoms with Gasteiger partial charge in [0.15, 0.2) is 5.82 Å². The highest BCUT2D eigenvalue weighted by molar-refractivity contribution is 5.99. The summed E-state index contributed by atoms with van der Waals surface area (Å²) in [5.41, 5.74) is 5.46. The van der Waals surface area contributed by atoms with Crippen LogP contribution in [0.25, 0.3) is 17.1 Å². The molecule has 4 rings (SSSR count). The minimum atomic E-state index is -0.404. The predicted octanol–water partition coefficient (Wildman–Crippen LogP) is 5.18. The van der Waals surface area contributed by atoms with Crippen molar-refractivity contribution >= 4 is 11.6 Å². The molecule has 7 heteroatoms. The van der Waals surface area contributed by atoms with Gasteiger partial charge in [-0.15, -0.1) is 5.10 Å². The Morgan fingerprint density at radius 3 is 2.47 bits per heavy atom. The summed E-state index contributed by atoms with van der Waals surface area (Å²) in [5, 5.41) is 17.6. The summed E-state index contributed by atoms with van der Waals surface area (Å²) in [7, 11) is 1.61. The molecule has 0 aliphatic carbocycles. The zero-order valence-electron chi connectivity index (χ0n) is 19.3. The highest BCUT2D eigenvalue weighted by atomic mass is 16.5. The molecule has 0 aliphatic rings. The fourth-order valence-electron chi connectivity index (χ4n) is 3.49. The Morgan fingerprint density at radius 2 is 1.79 bits per heavy atom. The summed E-state index contributed by atoms with van der Waals surface area (Å²) < 4.78 is 6.92. The number of nitrogens with one attached hydrogen (secondary N) is 1. The zero-order chi connectivity index (χ0) is 24.1. The number of nitrogens with zero attached hydrogens (tertiary/aromatic N) is 3. The molecule has 34 heavy (non-hydrogen) atoms. The number of carbonyl (C=O) groups is 1. The summed E-state index contributed by atoms with van der Waals surface area (Å²) in [6.45, 7) is 3.97. The van der Waals surface area contributed by atoms with E-state index in [-0.39, 0.29) is 12.2 Å². The first-order valence-corrected chi connectivity index (χ1v) is 10.8. The third-order valence-corrected chi connectivity index (χ3v) is 5.42. The second-order valence-corrected chi connectivity index (χ2v) is 8.02. The molecule has 0 aliphatic heterocycles. The number of amides is 1. The maximum Gasteiger partial charge on any atom is 0.251 e. The number of carbonyl (C=O) groups excluding carboxylic acids is 1. The normalized spacial score (nSPS) is 11.3. The number of hydrogen-bond donors (Lipinski definition) is 2. The molecule has 2 N–H and O–H groups in total. The molecule has 0 saturated carbocycles. The molecule has 4 aromatic rings. The van der Waals surface area contributed by atoms with Crippen LogP contribution in [0.15, 0.2) is 84.9 Å². The predicted molar refractivity (Wildman–Crippen MR) is 132 cm³/mol. The molecule has 0 spiro atoms. The average molecular weight is 455 g/mol. The van der Waals surface area contributed by atoms with E-state index in [4.69, 9.17) is 4.74 Å². The lowest BCUT2D eigenvalue weighted by molar-refractivity contribution is -0.112. The SMILES string of the molecule is COc1ccc(C/C(O)=C/C(=O)Nc2ccc(-c3ncn(-c4ccc(C)cc4)n3)cc2)c(C)c1. The molecule has 0 unspecified atom stereocenters. The Kier molecular flexibility index (Phi) is 6.73. The van der Waals surface area contributed by atoms with Gasteiger partial charge in [-0.1, -0.05) is 23.8 Å². The number of rotatable bonds is 7. The van der Waals surface area contributed by atoms with Gasteiger partial charge in [0, 0.05) is 23.7 Å². The van der Waals surface area contributed by atoms with Gasteiger partial charge in [-0.3, -0.25) is 4.79 Å². The number of anilines is 1.